The molecule has 1 unspecified atom stereocenters. The number of rotatable bonds is 4. The zero-order valence-electron chi connectivity index (χ0n) is 12.8. The van der Waals surface area contributed by atoms with Crippen molar-refractivity contribution in [2.24, 2.45) is 0 Å². The molecule has 7 heteroatoms. The maximum atomic E-state index is 12.3. The topological polar surface area (TPSA) is 58.6 Å². The molecule has 1 fully saturated rings. The summed E-state index contributed by atoms with van der Waals surface area (Å²) in [6.07, 6.45) is 1.50. The van der Waals surface area contributed by atoms with Gasteiger partial charge in [0.15, 0.2) is 0 Å². The molecule has 5 nitrogen and oxygen atoms in total. The number of carbonyl (C=O) groups excluding carboxylic acids is 1. The number of hydrogen-bond acceptors (Lipinski definition) is 3. The van der Waals surface area contributed by atoms with Crippen LogP contribution >= 0.6 is 15.9 Å². The molecule has 1 aliphatic rings. The number of hydrogen-bond donors (Lipinski definition) is 1. The number of morpholine rings is 1. The van der Waals surface area contributed by atoms with Crippen LogP contribution in [0, 0.1) is 0 Å². The minimum atomic E-state index is -0.897. The molecule has 0 saturated carbocycles. The predicted molar refractivity (Wildman–Crippen MR) is 91.3 cm³/mol. The summed E-state index contributed by atoms with van der Waals surface area (Å²) in [5, 5.41) is 2.83. The summed E-state index contributed by atoms with van der Waals surface area (Å²) < 4.78 is 17.9. The van der Waals surface area contributed by atoms with Gasteiger partial charge in [-0.15, -0.1) is 0 Å². The van der Waals surface area contributed by atoms with Gasteiger partial charge in [0.2, 0.25) is 0 Å². The summed E-state index contributed by atoms with van der Waals surface area (Å²) in [6, 6.07) is 7.78. The minimum absolute atomic E-state index is 0.0537. The smallest absolute Gasteiger partial charge is 0.317 e. The lowest BCUT2D eigenvalue weighted by atomic mass is 10.0. The Hall–Kier alpha value is -0.920. The molecule has 0 spiro atoms. The SMILES string of the molecule is C[C@@H]1[C@@H](c2ccc(Br)cc2)OCCN1C(=O)NCCS(C)=O. The molecule has 3 atom stereocenters. The number of ether oxygens (including phenoxy) is 1. The molecule has 0 bridgehead atoms. The van der Waals surface area contributed by atoms with Crippen molar-refractivity contribution in [3.05, 3.63) is 34.3 Å². The van der Waals surface area contributed by atoms with Crippen LogP contribution in [0.2, 0.25) is 0 Å². The van der Waals surface area contributed by atoms with E-state index in [2.05, 4.69) is 21.2 Å². The van der Waals surface area contributed by atoms with E-state index in [-0.39, 0.29) is 18.2 Å². The molecule has 2 amide bonds. The number of benzene rings is 1. The number of carbonyl (C=O) groups is 1. The standard InChI is InChI=1S/C15H21BrN2O3S/c1-11-14(12-3-5-13(16)6-4-12)21-9-8-18(11)15(19)17-7-10-22(2)20/h3-6,11,14H,7-10H2,1-2H3,(H,17,19)/t11-,14+,22?/m1/s1. The van der Waals surface area contributed by atoms with Gasteiger partial charge >= 0.3 is 6.03 Å². The second-order valence-electron chi connectivity index (χ2n) is 5.29. The van der Waals surface area contributed by atoms with E-state index >= 15 is 0 Å². The Morgan fingerprint density at radius 1 is 1.45 bits per heavy atom. The summed E-state index contributed by atoms with van der Waals surface area (Å²) in [5.41, 5.74) is 1.06. The van der Waals surface area contributed by atoms with Crippen LogP contribution in [0.5, 0.6) is 0 Å². The molecule has 1 saturated heterocycles. The molecule has 1 heterocycles. The Labute approximate surface area is 142 Å². The monoisotopic (exact) mass is 388 g/mol. The Kier molecular flexibility index (Phi) is 6.40. The molecular weight excluding hydrogens is 368 g/mol. The first-order valence-corrected chi connectivity index (χ1v) is 9.72. The Morgan fingerprint density at radius 3 is 2.77 bits per heavy atom. The van der Waals surface area contributed by atoms with Gasteiger partial charge in [0.25, 0.3) is 0 Å². The fourth-order valence-corrected chi connectivity index (χ4v) is 3.16. The highest BCUT2D eigenvalue weighted by Crippen LogP contribution is 2.29. The molecule has 1 N–H and O–H groups in total. The molecule has 2 rings (SSSR count). The molecule has 122 valence electrons. The molecule has 0 radical (unpaired) electrons. The number of nitrogens with zero attached hydrogens (tertiary/aromatic N) is 1. The van der Waals surface area contributed by atoms with Gasteiger partial charge in [-0.1, -0.05) is 28.1 Å². The summed E-state index contributed by atoms with van der Waals surface area (Å²) >= 11 is 3.42. The van der Waals surface area contributed by atoms with Crippen molar-refractivity contribution in [3.63, 3.8) is 0 Å². The molecule has 1 aliphatic heterocycles. The van der Waals surface area contributed by atoms with E-state index in [1.165, 1.54) is 0 Å². The summed E-state index contributed by atoms with van der Waals surface area (Å²) in [6.45, 7) is 3.49. The maximum Gasteiger partial charge on any atom is 0.317 e. The quantitative estimate of drug-likeness (QED) is 0.860. The summed E-state index contributed by atoms with van der Waals surface area (Å²) in [5.74, 6) is 0.473. The predicted octanol–water partition coefficient (Wildman–Crippen LogP) is 2.30. The van der Waals surface area contributed by atoms with Crippen LogP contribution in [-0.4, -0.2) is 52.9 Å². The normalized spacial score (nSPS) is 23.1. The minimum Gasteiger partial charge on any atom is -0.370 e. The Morgan fingerprint density at radius 2 is 2.14 bits per heavy atom. The first-order chi connectivity index (χ1) is 10.5. The van der Waals surface area contributed by atoms with E-state index in [9.17, 15) is 9.00 Å². The Balaban J connectivity index is 2.00. The number of nitrogens with one attached hydrogen (secondary N) is 1. The van der Waals surface area contributed by atoms with Crippen molar-refractivity contribution in [1.29, 1.82) is 0 Å². The van der Waals surface area contributed by atoms with Crippen molar-refractivity contribution >= 4 is 32.8 Å². The largest absolute Gasteiger partial charge is 0.370 e. The van der Waals surface area contributed by atoms with Gasteiger partial charge in [-0.3, -0.25) is 4.21 Å². The summed E-state index contributed by atoms with van der Waals surface area (Å²) in [4.78, 5) is 14.1. The van der Waals surface area contributed by atoms with Gasteiger partial charge in [-0.25, -0.2) is 4.79 Å². The highest BCUT2D eigenvalue weighted by molar-refractivity contribution is 9.10. The van der Waals surface area contributed by atoms with Crippen LogP contribution in [0.4, 0.5) is 4.79 Å². The lowest BCUT2D eigenvalue weighted by Crippen LogP contribution is -2.52. The highest BCUT2D eigenvalue weighted by atomic mass is 79.9. The van der Waals surface area contributed by atoms with Crippen LogP contribution < -0.4 is 5.32 Å². The van der Waals surface area contributed by atoms with Gasteiger partial charge in [0.05, 0.1) is 12.6 Å². The van der Waals surface area contributed by atoms with Gasteiger partial charge in [-0.2, -0.15) is 0 Å². The van der Waals surface area contributed by atoms with Gasteiger partial charge < -0.3 is 15.0 Å². The fraction of sp³-hybridized carbons (Fsp3) is 0.533. The number of amides is 2. The lowest BCUT2D eigenvalue weighted by molar-refractivity contribution is -0.0496. The van der Waals surface area contributed by atoms with Crippen LogP contribution in [0.15, 0.2) is 28.7 Å². The first kappa shape index (κ1) is 17.4. The molecular formula is C15H21BrN2O3S. The van der Waals surface area contributed by atoms with Crippen molar-refractivity contribution in [1.82, 2.24) is 10.2 Å². The van der Waals surface area contributed by atoms with Crippen LogP contribution in [-0.2, 0) is 15.5 Å². The van der Waals surface area contributed by atoms with Crippen molar-refractivity contribution in [3.8, 4) is 0 Å². The third-order valence-corrected chi connectivity index (χ3v) is 4.99. The van der Waals surface area contributed by atoms with E-state index in [0.717, 1.165) is 10.0 Å². The van der Waals surface area contributed by atoms with Crippen molar-refractivity contribution in [2.75, 3.05) is 31.7 Å². The van der Waals surface area contributed by atoms with Crippen LogP contribution in [0.1, 0.15) is 18.6 Å². The maximum absolute atomic E-state index is 12.3. The number of halogens is 1. The van der Waals surface area contributed by atoms with E-state index < -0.39 is 10.8 Å². The fourth-order valence-electron chi connectivity index (χ4n) is 2.50. The lowest BCUT2D eigenvalue weighted by Gasteiger charge is -2.39. The number of urea groups is 1. The van der Waals surface area contributed by atoms with Gasteiger partial charge in [0.1, 0.15) is 6.10 Å². The third-order valence-electron chi connectivity index (χ3n) is 3.68. The van der Waals surface area contributed by atoms with Crippen LogP contribution in [0.3, 0.4) is 0 Å². The molecule has 0 aliphatic carbocycles. The van der Waals surface area contributed by atoms with E-state index in [0.29, 0.717) is 25.4 Å². The van der Waals surface area contributed by atoms with Gasteiger partial charge in [-0.05, 0) is 24.6 Å². The van der Waals surface area contributed by atoms with Crippen LogP contribution in [0.25, 0.3) is 0 Å². The molecule has 1 aromatic carbocycles. The van der Waals surface area contributed by atoms with E-state index in [1.807, 2.05) is 31.2 Å². The van der Waals surface area contributed by atoms with E-state index in [1.54, 1.807) is 11.2 Å². The van der Waals surface area contributed by atoms with Gasteiger partial charge in [0, 0.05) is 40.4 Å². The second kappa shape index (κ2) is 8.08. The second-order valence-corrected chi connectivity index (χ2v) is 7.76. The third kappa shape index (κ3) is 4.54. The zero-order valence-corrected chi connectivity index (χ0v) is 15.2. The molecule has 1 aromatic rings. The highest BCUT2D eigenvalue weighted by Gasteiger charge is 2.32. The zero-order chi connectivity index (χ0) is 16.1. The molecule has 0 aromatic heterocycles. The average molecular weight is 389 g/mol. The van der Waals surface area contributed by atoms with E-state index in [4.69, 9.17) is 4.74 Å². The average Bonchev–Trinajstić information content (AvgIpc) is 2.48. The van der Waals surface area contributed by atoms with Crippen molar-refractivity contribution < 1.29 is 13.7 Å². The summed E-state index contributed by atoms with van der Waals surface area (Å²) in [7, 11) is -0.897. The Bertz CT molecular complexity index is 538. The van der Waals surface area contributed by atoms with Crippen molar-refractivity contribution in [2.45, 2.75) is 19.1 Å². The molecule has 22 heavy (non-hydrogen) atoms. The first-order valence-electron chi connectivity index (χ1n) is 7.20.